The zero-order chi connectivity index (χ0) is 16.2. The zero-order valence-corrected chi connectivity index (χ0v) is 13.0. The van der Waals surface area contributed by atoms with E-state index in [1.165, 1.54) is 0 Å². The number of benzene rings is 1. The van der Waals surface area contributed by atoms with Crippen LogP contribution in [0.15, 0.2) is 30.3 Å². The molecule has 1 aliphatic heterocycles. The summed E-state index contributed by atoms with van der Waals surface area (Å²) >= 11 is 0. The highest BCUT2D eigenvalue weighted by molar-refractivity contribution is 5.94. The number of fused-ring (bicyclic) bond motifs is 1. The molecular formula is C16H19N5O2. The fourth-order valence-electron chi connectivity index (χ4n) is 2.74. The molecule has 7 nitrogen and oxygen atoms in total. The number of piperidine rings is 1. The van der Waals surface area contributed by atoms with Gasteiger partial charge in [0.05, 0.1) is 5.52 Å². The Bertz CT molecular complexity index is 733. The first-order chi connectivity index (χ1) is 11.2. The van der Waals surface area contributed by atoms with Gasteiger partial charge in [0.2, 0.25) is 5.91 Å². The van der Waals surface area contributed by atoms with E-state index in [9.17, 15) is 9.59 Å². The Morgan fingerprint density at radius 1 is 1.35 bits per heavy atom. The largest absolute Gasteiger partial charge is 0.341 e. The lowest BCUT2D eigenvalue weighted by Gasteiger charge is -2.31. The van der Waals surface area contributed by atoms with Crippen LogP contribution in [0.2, 0.25) is 0 Å². The van der Waals surface area contributed by atoms with Crippen molar-refractivity contribution in [1.82, 2.24) is 20.4 Å². The van der Waals surface area contributed by atoms with Crippen LogP contribution in [-0.4, -0.2) is 46.2 Å². The summed E-state index contributed by atoms with van der Waals surface area (Å²) in [5.41, 5.74) is 0.763. The van der Waals surface area contributed by atoms with Crippen LogP contribution in [0.1, 0.15) is 19.8 Å². The van der Waals surface area contributed by atoms with Crippen molar-refractivity contribution in [3.05, 3.63) is 30.3 Å². The van der Waals surface area contributed by atoms with Gasteiger partial charge in [0.15, 0.2) is 5.82 Å². The summed E-state index contributed by atoms with van der Waals surface area (Å²) in [6.45, 7) is 3.35. The summed E-state index contributed by atoms with van der Waals surface area (Å²) < 4.78 is 0. The summed E-state index contributed by atoms with van der Waals surface area (Å²) in [5.74, 6) is 0.329. The number of likely N-dealkylation sites (tertiary alicyclic amines) is 1. The molecule has 3 amide bonds. The van der Waals surface area contributed by atoms with Crippen LogP contribution in [0.3, 0.4) is 0 Å². The molecule has 3 rings (SSSR count). The predicted octanol–water partition coefficient (Wildman–Crippen LogP) is 1.76. The average Bonchev–Trinajstić information content (AvgIpc) is 2.56. The Balaban J connectivity index is 1.65. The molecule has 0 aliphatic carbocycles. The number of nitrogens with one attached hydrogen (secondary N) is 2. The van der Waals surface area contributed by atoms with E-state index in [1.807, 2.05) is 31.2 Å². The molecule has 2 N–H and O–H groups in total. The first kappa shape index (κ1) is 15.2. The lowest BCUT2D eigenvalue weighted by atomic mass is 10.1. The molecule has 1 unspecified atom stereocenters. The molecular weight excluding hydrogens is 294 g/mol. The van der Waals surface area contributed by atoms with Crippen molar-refractivity contribution in [1.29, 1.82) is 0 Å². The number of carbonyl (C=O) groups excluding carboxylic acids is 2. The maximum absolute atomic E-state index is 12.2. The average molecular weight is 313 g/mol. The normalized spacial score (nSPS) is 18.0. The second-order valence-electron chi connectivity index (χ2n) is 5.50. The monoisotopic (exact) mass is 313 g/mol. The van der Waals surface area contributed by atoms with E-state index in [4.69, 9.17) is 0 Å². The first-order valence-corrected chi connectivity index (χ1v) is 7.76. The van der Waals surface area contributed by atoms with Crippen molar-refractivity contribution in [3.8, 4) is 0 Å². The lowest BCUT2D eigenvalue weighted by Crippen LogP contribution is -2.53. The summed E-state index contributed by atoms with van der Waals surface area (Å²) in [5, 5.41) is 14.3. The van der Waals surface area contributed by atoms with Gasteiger partial charge in [-0.25, -0.2) is 4.79 Å². The third-order valence-electron chi connectivity index (χ3n) is 3.95. The molecule has 1 atom stereocenters. The van der Waals surface area contributed by atoms with E-state index in [0.29, 0.717) is 18.8 Å². The minimum atomic E-state index is -0.475. The fraction of sp³-hybridized carbons (Fsp3) is 0.375. The van der Waals surface area contributed by atoms with Gasteiger partial charge in [-0.05, 0) is 31.9 Å². The highest BCUT2D eigenvalue weighted by Gasteiger charge is 2.28. The number of aromatic nitrogens is 2. The molecule has 0 spiro atoms. The second-order valence-corrected chi connectivity index (χ2v) is 5.50. The van der Waals surface area contributed by atoms with Gasteiger partial charge in [0.25, 0.3) is 0 Å². The Morgan fingerprint density at radius 2 is 2.17 bits per heavy atom. The Morgan fingerprint density at radius 3 is 3.00 bits per heavy atom. The van der Waals surface area contributed by atoms with Crippen LogP contribution in [0.25, 0.3) is 10.9 Å². The standard InChI is InChI=1S/C16H19N5O2/c1-2-21-9-5-8-13(15(21)22)17-16(23)18-14-10-11-6-3-4-7-12(11)19-20-14/h3-4,6-7,10,13H,2,5,8-9H2,1H3,(H2,17,18,20,23). The van der Waals surface area contributed by atoms with E-state index < -0.39 is 12.1 Å². The SMILES string of the molecule is CCN1CCCC(NC(=O)Nc2cc3ccccc3nn2)C1=O. The molecule has 0 saturated carbocycles. The maximum atomic E-state index is 12.2. The number of anilines is 1. The van der Waals surface area contributed by atoms with Gasteiger partial charge in [-0.3, -0.25) is 10.1 Å². The molecule has 1 fully saturated rings. The molecule has 2 aromatic rings. The Labute approximate surface area is 134 Å². The number of urea groups is 1. The lowest BCUT2D eigenvalue weighted by molar-refractivity contribution is -0.135. The fourth-order valence-corrected chi connectivity index (χ4v) is 2.74. The van der Waals surface area contributed by atoms with Crippen LogP contribution < -0.4 is 10.6 Å². The number of amides is 3. The number of hydrogen-bond donors (Lipinski definition) is 2. The highest BCUT2D eigenvalue weighted by atomic mass is 16.2. The van der Waals surface area contributed by atoms with E-state index >= 15 is 0 Å². The van der Waals surface area contributed by atoms with E-state index in [2.05, 4.69) is 20.8 Å². The van der Waals surface area contributed by atoms with E-state index in [-0.39, 0.29) is 5.91 Å². The topological polar surface area (TPSA) is 87.2 Å². The van der Waals surface area contributed by atoms with Crippen LogP contribution in [0.4, 0.5) is 10.6 Å². The van der Waals surface area contributed by atoms with Crippen molar-refractivity contribution in [3.63, 3.8) is 0 Å². The number of rotatable bonds is 3. The molecule has 7 heteroatoms. The van der Waals surface area contributed by atoms with Gasteiger partial charge < -0.3 is 10.2 Å². The number of likely N-dealkylation sites (N-methyl/N-ethyl adjacent to an activating group) is 1. The summed E-state index contributed by atoms with van der Waals surface area (Å²) in [4.78, 5) is 26.0. The summed E-state index contributed by atoms with van der Waals surface area (Å²) in [6, 6.07) is 8.37. The van der Waals surface area contributed by atoms with E-state index in [1.54, 1.807) is 11.0 Å². The van der Waals surface area contributed by atoms with Gasteiger partial charge in [-0.15, -0.1) is 10.2 Å². The molecule has 0 radical (unpaired) electrons. The third-order valence-corrected chi connectivity index (χ3v) is 3.95. The van der Waals surface area contributed by atoms with Gasteiger partial charge in [-0.1, -0.05) is 18.2 Å². The molecule has 23 heavy (non-hydrogen) atoms. The zero-order valence-electron chi connectivity index (χ0n) is 13.0. The Kier molecular flexibility index (Phi) is 4.36. The summed E-state index contributed by atoms with van der Waals surface area (Å²) in [6.07, 6.45) is 1.55. The van der Waals surface area contributed by atoms with Crippen molar-refractivity contribution in [2.45, 2.75) is 25.8 Å². The predicted molar refractivity (Wildman–Crippen MR) is 87.0 cm³/mol. The third kappa shape index (κ3) is 3.39. The van der Waals surface area contributed by atoms with Crippen molar-refractivity contribution >= 4 is 28.7 Å². The van der Waals surface area contributed by atoms with Gasteiger partial charge in [0.1, 0.15) is 6.04 Å². The molecule has 1 aromatic carbocycles. The molecule has 1 aliphatic rings. The van der Waals surface area contributed by atoms with Gasteiger partial charge in [0, 0.05) is 18.5 Å². The van der Waals surface area contributed by atoms with Crippen molar-refractivity contribution in [2.24, 2.45) is 0 Å². The maximum Gasteiger partial charge on any atom is 0.321 e. The molecule has 1 aromatic heterocycles. The summed E-state index contributed by atoms with van der Waals surface area (Å²) in [7, 11) is 0. The molecule has 120 valence electrons. The minimum Gasteiger partial charge on any atom is -0.341 e. The smallest absolute Gasteiger partial charge is 0.321 e. The Hall–Kier alpha value is -2.70. The highest BCUT2D eigenvalue weighted by Crippen LogP contribution is 2.14. The number of hydrogen-bond acceptors (Lipinski definition) is 4. The van der Waals surface area contributed by atoms with Gasteiger partial charge in [-0.2, -0.15) is 0 Å². The van der Waals surface area contributed by atoms with Crippen molar-refractivity contribution < 1.29 is 9.59 Å². The molecule has 0 bridgehead atoms. The van der Waals surface area contributed by atoms with Crippen LogP contribution in [0, 0.1) is 0 Å². The van der Waals surface area contributed by atoms with Crippen LogP contribution >= 0.6 is 0 Å². The van der Waals surface area contributed by atoms with Crippen molar-refractivity contribution in [2.75, 3.05) is 18.4 Å². The second kappa shape index (κ2) is 6.60. The molecule has 2 heterocycles. The first-order valence-electron chi connectivity index (χ1n) is 7.76. The minimum absolute atomic E-state index is 0.0292. The van der Waals surface area contributed by atoms with E-state index in [0.717, 1.165) is 23.9 Å². The van der Waals surface area contributed by atoms with Crippen LogP contribution in [0.5, 0.6) is 0 Å². The number of nitrogens with zero attached hydrogens (tertiary/aromatic N) is 3. The van der Waals surface area contributed by atoms with Gasteiger partial charge >= 0.3 is 6.03 Å². The number of carbonyl (C=O) groups is 2. The van der Waals surface area contributed by atoms with Crippen LogP contribution in [-0.2, 0) is 4.79 Å². The quantitative estimate of drug-likeness (QED) is 0.904. The molecule has 1 saturated heterocycles.